The highest BCUT2D eigenvalue weighted by Gasteiger charge is 2.05. The van der Waals surface area contributed by atoms with E-state index in [1.165, 1.54) is 0 Å². The van der Waals surface area contributed by atoms with Crippen molar-refractivity contribution in [3.05, 3.63) is 35.7 Å². The molecule has 0 aliphatic heterocycles. The highest BCUT2D eigenvalue weighted by molar-refractivity contribution is 5.75. The Morgan fingerprint density at radius 1 is 0.882 bits per heavy atom. The number of amides is 1. The van der Waals surface area contributed by atoms with Gasteiger partial charge < -0.3 is 24.3 Å². The lowest BCUT2D eigenvalue weighted by Crippen LogP contribution is -2.24. The van der Waals surface area contributed by atoms with Gasteiger partial charge in [-0.2, -0.15) is 0 Å². The van der Waals surface area contributed by atoms with Gasteiger partial charge in [-0.05, 0) is 12.5 Å². The maximum atomic E-state index is 12.0. The summed E-state index contributed by atoms with van der Waals surface area (Å²) >= 11 is 0. The van der Waals surface area contributed by atoms with Crippen molar-refractivity contribution in [2.75, 3.05) is 59.4 Å². The van der Waals surface area contributed by atoms with E-state index in [1.54, 1.807) is 6.92 Å². The summed E-state index contributed by atoms with van der Waals surface area (Å²) in [7, 11) is 0. The van der Waals surface area contributed by atoms with E-state index >= 15 is 0 Å². The number of nitrogens with one attached hydrogen (secondary N) is 2. The fourth-order valence-corrected chi connectivity index (χ4v) is 2.54. The zero-order chi connectivity index (χ0) is 24.3. The first-order valence-electron chi connectivity index (χ1n) is 10.9. The van der Waals surface area contributed by atoms with Crippen molar-refractivity contribution in [2.24, 2.45) is 5.11 Å². The number of nitrogens with zero attached hydrogens (tertiary/aromatic N) is 6. The zero-order valence-electron chi connectivity index (χ0n) is 19.3. The number of rotatable bonds is 18. The van der Waals surface area contributed by atoms with Crippen LogP contribution in [0.15, 0.2) is 29.4 Å². The van der Waals surface area contributed by atoms with Gasteiger partial charge >= 0.3 is 0 Å². The summed E-state index contributed by atoms with van der Waals surface area (Å²) in [6.07, 6.45) is 0.277. The second kappa shape index (κ2) is 17.3. The van der Waals surface area contributed by atoms with Gasteiger partial charge in [0.25, 0.3) is 0 Å². The van der Waals surface area contributed by atoms with Gasteiger partial charge in [-0.25, -0.2) is 0 Å². The molecule has 2 N–H and O–H groups in total. The van der Waals surface area contributed by atoms with Crippen molar-refractivity contribution in [3.63, 3.8) is 0 Å². The Kier molecular flexibility index (Phi) is 13.7. The molecule has 0 aliphatic carbocycles. The molecular formula is C21H31N8O5+. The number of ether oxygens (including phenoxy) is 4. The van der Waals surface area contributed by atoms with Crippen molar-refractivity contribution in [2.45, 2.75) is 19.9 Å². The maximum Gasteiger partial charge on any atom is 0.222 e. The summed E-state index contributed by atoms with van der Waals surface area (Å²) in [5.41, 5.74) is 8.27. The number of carbonyl (C=O) groups excluding carboxylic acids is 1. The summed E-state index contributed by atoms with van der Waals surface area (Å²) in [4.78, 5) is 14.8. The standard InChI is InChI=1S/C21H30N8O5/c1-17-25-27-21(28-26-17)19-4-2-18(3-5-19)16-23-20(30)6-8-31-10-12-33-14-15-34-13-11-32-9-7-24-29-22/h2-5,22H,6-16H2,1H3/p+1. The number of hydrogen-bond donors (Lipinski definition) is 2. The lowest BCUT2D eigenvalue weighted by atomic mass is 10.1. The first kappa shape index (κ1) is 27.0. The van der Waals surface area contributed by atoms with E-state index in [-0.39, 0.29) is 12.3 Å². The predicted octanol–water partition coefficient (Wildman–Crippen LogP) is 0.865. The van der Waals surface area contributed by atoms with Gasteiger partial charge in [0, 0.05) is 18.5 Å². The van der Waals surface area contributed by atoms with Crippen LogP contribution in [0, 0.1) is 12.5 Å². The fraction of sp³-hybridized carbons (Fsp3) is 0.571. The van der Waals surface area contributed by atoms with E-state index < -0.39 is 0 Å². The first-order valence-corrected chi connectivity index (χ1v) is 10.9. The molecule has 1 heterocycles. The molecule has 0 bridgehead atoms. The molecule has 13 nitrogen and oxygen atoms in total. The minimum atomic E-state index is -0.0846. The van der Waals surface area contributed by atoms with Crippen molar-refractivity contribution in [3.8, 4) is 11.4 Å². The number of carbonyl (C=O) groups is 1. The van der Waals surface area contributed by atoms with Crippen molar-refractivity contribution >= 4 is 5.91 Å². The van der Waals surface area contributed by atoms with Crippen LogP contribution in [0.25, 0.3) is 11.4 Å². The number of benzene rings is 1. The van der Waals surface area contributed by atoms with Crippen LogP contribution >= 0.6 is 0 Å². The van der Waals surface area contributed by atoms with Crippen LogP contribution in [-0.2, 0) is 30.3 Å². The smallest absolute Gasteiger partial charge is 0.222 e. The summed E-state index contributed by atoms with van der Waals surface area (Å²) in [6.45, 7) is 5.97. The zero-order valence-corrected chi connectivity index (χ0v) is 19.3. The lowest BCUT2D eigenvalue weighted by molar-refractivity contribution is -0.122. The molecule has 1 amide bonds. The molecule has 0 aliphatic rings. The Bertz CT molecular complexity index is 876. The molecule has 1 aromatic carbocycles. The Balaban J connectivity index is 1.42. The molecule has 0 unspecified atom stereocenters. The molecule has 13 heteroatoms. The monoisotopic (exact) mass is 475 g/mol. The lowest BCUT2D eigenvalue weighted by Gasteiger charge is -2.08. The summed E-state index contributed by atoms with van der Waals surface area (Å²) in [6, 6.07) is 7.54. The van der Waals surface area contributed by atoms with E-state index in [4.69, 9.17) is 24.5 Å². The Hall–Kier alpha value is -3.22. The highest BCUT2D eigenvalue weighted by Crippen LogP contribution is 2.13. The van der Waals surface area contributed by atoms with Gasteiger partial charge in [-0.1, -0.05) is 24.3 Å². The second-order valence-electron chi connectivity index (χ2n) is 6.91. The average Bonchev–Trinajstić information content (AvgIpc) is 2.86. The number of hydrogen-bond acceptors (Lipinski definition) is 11. The van der Waals surface area contributed by atoms with Crippen LogP contribution in [0.1, 0.15) is 17.8 Å². The Morgan fingerprint density at radius 3 is 2.03 bits per heavy atom. The van der Waals surface area contributed by atoms with Crippen molar-refractivity contribution in [1.29, 1.82) is 5.53 Å². The van der Waals surface area contributed by atoms with Gasteiger partial charge in [-0.15, -0.1) is 20.4 Å². The van der Waals surface area contributed by atoms with Gasteiger partial charge in [0.1, 0.15) is 17.2 Å². The van der Waals surface area contributed by atoms with Crippen LogP contribution < -0.4 is 10.2 Å². The highest BCUT2D eigenvalue weighted by atomic mass is 16.6. The summed E-state index contributed by atoms with van der Waals surface area (Å²) in [5.74, 6) is 0.894. The second-order valence-corrected chi connectivity index (χ2v) is 6.91. The van der Waals surface area contributed by atoms with Crippen LogP contribution in [0.4, 0.5) is 0 Å². The third kappa shape index (κ3) is 12.1. The van der Waals surface area contributed by atoms with E-state index in [0.29, 0.717) is 77.6 Å². The van der Waals surface area contributed by atoms with Gasteiger partial charge in [0.15, 0.2) is 5.82 Å². The van der Waals surface area contributed by atoms with Crippen LogP contribution in [0.3, 0.4) is 0 Å². The molecule has 0 fully saturated rings. The largest absolute Gasteiger partial charge is 0.379 e. The van der Waals surface area contributed by atoms with Crippen LogP contribution in [0.2, 0.25) is 0 Å². The summed E-state index contributed by atoms with van der Waals surface area (Å²) < 4.78 is 21.4. The van der Waals surface area contributed by atoms with Crippen LogP contribution in [-0.4, -0.2) is 85.7 Å². The molecule has 2 rings (SSSR count). The van der Waals surface area contributed by atoms with Gasteiger partial charge in [-0.3, -0.25) is 4.79 Å². The minimum absolute atomic E-state index is 0.0846. The molecule has 0 saturated heterocycles. The molecule has 0 spiro atoms. The van der Waals surface area contributed by atoms with E-state index in [9.17, 15) is 4.79 Å². The Labute approximate surface area is 197 Å². The molecule has 184 valence electrons. The molecule has 1 aromatic heterocycles. The number of aryl methyl sites for hydroxylation is 1. The summed E-state index contributed by atoms with van der Waals surface area (Å²) in [5, 5.41) is 22.1. The molecule has 0 atom stereocenters. The van der Waals surface area contributed by atoms with Gasteiger partial charge in [0.2, 0.25) is 16.6 Å². The van der Waals surface area contributed by atoms with E-state index in [1.807, 2.05) is 24.3 Å². The molecule has 34 heavy (non-hydrogen) atoms. The van der Waals surface area contributed by atoms with Crippen LogP contribution in [0.5, 0.6) is 0 Å². The first-order chi connectivity index (χ1) is 16.7. The molecule has 2 aromatic rings. The minimum Gasteiger partial charge on any atom is -0.379 e. The average molecular weight is 476 g/mol. The van der Waals surface area contributed by atoms with Crippen molar-refractivity contribution < 1.29 is 23.7 Å². The predicted molar refractivity (Wildman–Crippen MR) is 120 cm³/mol. The normalized spacial score (nSPS) is 10.6. The third-order valence-corrected chi connectivity index (χ3v) is 4.28. The quantitative estimate of drug-likeness (QED) is 0.180. The Morgan fingerprint density at radius 2 is 1.44 bits per heavy atom. The maximum absolute atomic E-state index is 12.0. The SMILES string of the molecule is Cc1nnc(-c2ccc(CNC(=O)CCOCCOCCOCCOCCN=[N+]=N)cc2)nn1. The molecular weight excluding hydrogens is 444 g/mol. The topological polar surface area (TPSA) is 168 Å². The fourth-order valence-electron chi connectivity index (χ4n) is 2.54. The van der Waals surface area contributed by atoms with E-state index in [2.05, 4.69) is 35.7 Å². The van der Waals surface area contributed by atoms with Crippen molar-refractivity contribution in [1.82, 2.24) is 30.6 Å². The molecule has 0 radical (unpaired) electrons. The van der Waals surface area contributed by atoms with Gasteiger partial charge in [0.05, 0.1) is 52.9 Å². The third-order valence-electron chi connectivity index (χ3n) is 4.28. The van der Waals surface area contributed by atoms with E-state index in [0.717, 1.165) is 11.1 Å². The molecule has 0 saturated carbocycles. The number of aromatic nitrogens is 4.